The van der Waals surface area contributed by atoms with Crippen molar-refractivity contribution in [2.24, 2.45) is 5.92 Å². The summed E-state index contributed by atoms with van der Waals surface area (Å²) in [5, 5.41) is 4.12. The van der Waals surface area contributed by atoms with E-state index >= 15 is 0 Å². The minimum Gasteiger partial charge on any atom is -0.312 e. The lowest BCUT2D eigenvalue weighted by atomic mass is 9.97. The lowest BCUT2D eigenvalue weighted by molar-refractivity contribution is 0.394. The van der Waals surface area contributed by atoms with Crippen LogP contribution in [0.5, 0.6) is 0 Å². The molecule has 0 fully saturated rings. The predicted molar refractivity (Wildman–Crippen MR) is 76.7 cm³/mol. The third-order valence-electron chi connectivity index (χ3n) is 2.87. The maximum atomic E-state index is 13.1. The molecule has 3 heteroatoms. The Morgan fingerprint density at radius 3 is 2.61 bits per heavy atom. The minimum absolute atomic E-state index is 0.149. The molecule has 102 valence electrons. The molecule has 0 saturated heterocycles. The zero-order chi connectivity index (χ0) is 13.8. The Kier molecular flexibility index (Phi) is 5.61. The minimum atomic E-state index is -0.214. The van der Waals surface area contributed by atoms with Crippen molar-refractivity contribution in [1.29, 1.82) is 0 Å². The number of hydrogen-bond acceptors (Lipinski definition) is 1. The van der Waals surface area contributed by atoms with Crippen LogP contribution in [0.4, 0.5) is 4.39 Å². The smallest absolute Gasteiger partial charge is 0.123 e. The van der Waals surface area contributed by atoms with Crippen LogP contribution in [0.1, 0.15) is 39.7 Å². The highest BCUT2D eigenvalue weighted by atomic mass is 35.5. The molecule has 0 aliphatic rings. The molecule has 1 unspecified atom stereocenters. The van der Waals surface area contributed by atoms with Crippen LogP contribution in [-0.2, 0) is 6.42 Å². The summed E-state index contributed by atoms with van der Waals surface area (Å²) in [7, 11) is 0. The summed E-state index contributed by atoms with van der Waals surface area (Å²) in [4.78, 5) is 0. The van der Waals surface area contributed by atoms with E-state index in [4.69, 9.17) is 11.6 Å². The van der Waals surface area contributed by atoms with E-state index in [1.54, 1.807) is 6.07 Å². The molecule has 1 nitrogen and oxygen atoms in total. The van der Waals surface area contributed by atoms with Gasteiger partial charge in [-0.2, -0.15) is 0 Å². The van der Waals surface area contributed by atoms with Gasteiger partial charge >= 0.3 is 0 Å². The Balaban J connectivity index is 2.44. The first-order valence-corrected chi connectivity index (χ1v) is 6.84. The van der Waals surface area contributed by atoms with Gasteiger partial charge in [0.2, 0.25) is 0 Å². The number of halogens is 2. The van der Waals surface area contributed by atoms with E-state index in [1.807, 2.05) is 0 Å². The van der Waals surface area contributed by atoms with Crippen LogP contribution in [-0.4, -0.2) is 12.1 Å². The largest absolute Gasteiger partial charge is 0.312 e. The highest BCUT2D eigenvalue weighted by molar-refractivity contribution is 6.31. The van der Waals surface area contributed by atoms with Crippen molar-refractivity contribution in [3.8, 4) is 0 Å². The number of hydrogen-bond donors (Lipinski definition) is 1. The summed E-state index contributed by atoms with van der Waals surface area (Å²) in [6.45, 7) is 9.60. The molecule has 1 N–H and O–H groups in total. The van der Waals surface area contributed by atoms with Crippen molar-refractivity contribution in [1.82, 2.24) is 5.32 Å². The third kappa shape index (κ3) is 5.83. The van der Waals surface area contributed by atoms with Crippen LogP contribution in [0.15, 0.2) is 18.2 Å². The maximum Gasteiger partial charge on any atom is 0.123 e. The molecule has 1 rings (SSSR count). The zero-order valence-corrected chi connectivity index (χ0v) is 12.4. The van der Waals surface area contributed by atoms with Crippen LogP contribution >= 0.6 is 11.6 Å². The lowest BCUT2D eigenvalue weighted by Gasteiger charge is -2.22. The molecule has 0 amide bonds. The van der Waals surface area contributed by atoms with Gasteiger partial charge in [0.05, 0.1) is 0 Å². The molecule has 1 atom stereocenters. The summed E-state index contributed by atoms with van der Waals surface area (Å²) in [5.74, 6) is 0.272. The fraction of sp³-hybridized carbons (Fsp3) is 0.600. The molecule has 1 aromatic carbocycles. The van der Waals surface area contributed by atoms with Crippen LogP contribution in [0.3, 0.4) is 0 Å². The highest BCUT2D eigenvalue weighted by Gasteiger charge is 2.11. The summed E-state index contributed by atoms with van der Waals surface area (Å²) in [6, 6.07) is 4.57. The Morgan fingerprint density at radius 1 is 1.33 bits per heavy atom. The van der Waals surface area contributed by atoms with Crippen molar-refractivity contribution < 1.29 is 4.39 Å². The van der Waals surface area contributed by atoms with E-state index in [0.29, 0.717) is 10.9 Å². The van der Waals surface area contributed by atoms with Crippen LogP contribution in [0.2, 0.25) is 5.02 Å². The van der Waals surface area contributed by atoms with Crippen LogP contribution in [0, 0.1) is 11.7 Å². The van der Waals surface area contributed by atoms with Gasteiger partial charge in [-0.25, -0.2) is 4.39 Å². The number of rotatable bonds is 5. The van der Waals surface area contributed by atoms with Gasteiger partial charge in [-0.1, -0.05) is 18.5 Å². The average Bonchev–Trinajstić information content (AvgIpc) is 2.21. The molecular weight excluding hydrogens is 249 g/mol. The predicted octanol–water partition coefficient (Wildman–Crippen LogP) is 4.44. The first-order valence-electron chi connectivity index (χ1n) is 6.47. The van der Waals surface area contributed by atoms with E-state index in [9.17, 15) is 4.39 Å². The quantitative estimate of drug-likeness (QED) is 0.835. The van der Waals surface area contributed by atoms with Crippen molar-refractivity contribution in [3.05, 3.63) is 34.6 Å². The molecule has 0 bridgehead atoms. The van der Waals surface area contributed by atoms with Crippen molar-refractivity contribution in [3.63, 3.8) is 0 Å². The summed E-state index contributed by atoms with van der Waals surface area (Å²) in [6.07, 6.45) is 1.88. The molecule has 0 radical (unpaired) electrons. The van der Waals surface area contributed by atoms with Crippen molar-refractivity contribution >= 4 is 11.6 Å². The second-order valence-corrected chi connectivity index (χ2v) is 6.42. The van der Waals surface area contributed by atoms with Crippen molar-refractivity contribution in [2.75, 3.05) is 6.54 Å². The Bertz CT molecular complexity index is 385. The van der Waals surface area contributed by atoms with Gasteiger partial charge in [-0.15, -0.1) is 0 Å². The molecule has 18 heavy (non-hydrogen) atoms. The molecule has 0 aromatic heterocycles. The highest BCUT2D eigenvalue weighted by Crippen LogP contribution is 2.21. The molecular formula is C15H23ClFN. The summed E-state index contributed by atoms with van der Waals surface area (Å²) in [5.41, 5.74) is 1.05. The van der Waals surface area contributed by atoms with Gasteiger partial charge in [-0.3, -0.25) is 0 Å². The molecule has 0 aliphatic heterocycles. The summed E-state index contributed by atoms with van der Waals surface area (Å²) < 4.78 is 13.1. The van der Waals surface area contributed by atoms with Gasteiger partial charge in [0.15, 0.2) is 0 Å². The molecule has 0 spiro atoms. The SMILES string of the molecule is CC(CCNC(C)(C)C)Cc1cc(F)ccc1Cl. The fourth-order valence-electron chi connectivity index (χ4n) is 1.87. The van der Waals surface area contributed by atoms with E-state index in [-0.39, 0.29) is 11.4 Å². The normalized spacial score (nSPS) is 13.7. The Morgan fingerprint density at radius 2 is 2.00 bits per heavy atom. The Hall–Kier alpha value is -0.600. The van der Waals surface area contributed by atoms with E-state index in [1.165, 1.54) is 12.1 Å². The van der Waals surface area contributed by atoms with Gasteiger partial charge in [0.25, 0.3) is 0 Å². The fourth-order valence-corrected chi connectivity index (χ4v) is 2.07. The standard InChI is InChI=1S/C15H23ClFN/c1-11(7-8-18-15(2,3)4)9-12-10-13(17)5-6-14(12)16/h5-6,10-11,18H,7-9H2,1-4H3. The van der Waals surface area contributed by atoms with Gasteiger partial charge in [-0.05, 0) is 69.8 Å². The second kappa shape index (κ2) is 6.53. The second-order valence-electron chi connectivity index (χ2n) is 6.01. The lowest BCUT2D eigenvalue weighted by Crippen LogP contribution is -2.37. The zero-order valence-electron chi connectivity index (χ0n) is 11.7. The van der Waals surface area contributed by atoms with Crippen LogP contribution < -0.4 is 5.32 Å². The topological polar surface area (TPSA) is 12.0 Å². The molecule has 0 heterocycles. The third-order valence-corrected chi connectivity index (χ3v) is 3.24. The monoisotopic (exact) mass is 271 g/mol. The molecule has 0 aliphatic carbocycles. The van der Waals surface area contributed by atoms with E-state index in [0.717, 1.165) is 24.9 Å². The number of benzene rings is 1. The Labute approximate surface area is 115 Å². The van der Waals surface area contributed by atoms with E-state index < -0.39 is 0 Å². The van der Waals surface area contributed by atoms with Crippen LogP contribution in [0.25, 0.3) is 0 Å². The average molecular weight is 272 g/mol. The molecule has 1 aromatic rings. The van der Waals surface area contributed by atoms with Crippen molar-refractivity contribution in [2.45, 2.75) is 46.1 Å². The van der Waals surface area contributed by atoms with Gasteiger partial charge in [0.1, 0.15) is 5.82 Å². The first-order chi connectivity index (χ1) is 8.28. The summed E-state index contributed by atoms with van der Waals surface area (Å²) >= 11 is 6.06. The van der Waals surface area contributed by atoms with E-state index in [2.05, 4.69) is 33.0 Å². The number of nitrogens with one attached hydrogen (secondary N) is 1. The molecule has 0 saturated carbocycles. The van der Waals surface area contributed by atoms with Gasteiger partial charge in [0, 0.05) is 10.6 Å². The first kappa shape index (κ1) is 15.5. The van der Waals surface area contributed by atoms with Gasteiger partial charge < -0.3 is 5.32 Å². The maximum absolute atomic E-state index is 13.1.